The lowest BCUT2D eigenvalue weighted by atomic mass is 10.3. The molecule has 0 amide bonds. The summed E-state index contributed by atoms with van der Waals surface area (Å²) in [5, 5.41) is 1.57. The maximum absolute atomic E-state index is 12.3. The molecule has 0 fully saturated rings. The van der Waals surface area contributed by atoms with E-state index in [9.17, 15) is 18.0 Å². The van der Waals surface area contributed by atoms with Gasteiger partial charge in [0.1, 0.15) is 6.54 Å². The van der Waals surface area contributed by atoms with Crippen LogP contribution in [0.4, 0.5) is 18.9 Å². The smallest absolute Gasteiger partial charge is 0.362 e. The van der Waals surface area contributed by atoms with Gasteiger partial charge in [0.2, 0.25) is 0 Å². The third-order valence-corrected chi connectivity index (χ3v) is 2.80. The van der Waals surface area contributed by atoms with Crippen LogP contribution < -0.4 is 4.90 Å². The number of alkyl halides is 3. The van der Waals surface area contributed by atoms with Crippen molar-refractivity contribution in [1.29, 1.82) is 0 Å². The normalized spacial score (nSPS) is 11.5. The van der Waals surface area contributed by atoms with Crippen molar-refractivity contribution in [2.75, 3.05) is 18.0 Å². The molecule has 0 saturated heterocycles. The Kier molecular flexibility index (Phi) is 4.35. The summed E-state index contributed by atoms with van der Waals surface area (Å²) in [5.74, 6) is 0. The summed E-state index contributed by atoms with van der Waals surface area (Å²) in [7, 11) is 0. The zero-order valence-corrected chi connectivity index (χ0v) is 9.57. The Morgan fingerprint density at radius 2 is 2.19 bits per heavy atom. The third-order valence-electron chi connectivity index (χ3n) is 1.95. The molecular weight excluding hydrogens is 239 g/mol. The second kappa shape index (κ2) is 5.34. The third kappa shape index (κ3) is 3.84. The molecule has 0 N–H and O–H groups in total. The highest BCUT2D eigenvalue weighted by Gasteiger charge is 2.30. The van der Waals surface area contributed by atoms with Gasteiger partial charge in [-0.15, -0.1) is 11.3 Å². The first kappa shape index (κ1) is 13.0. The predicted molar refractivity (Wildman–Crippen MR) is 58.3 cm³/mol. The molecule has 0 bridgehead atoms. The van der Waals surface area contributed by atoms with Crippen LogP contribution in [0.25, 0.3) is 0 Å². The molecule has 1 aromatic heterocycles. The number of hydrogen-bond acceptors (Lipinski definition) is 3. The number of thiophene rings is 1. The van der Waals surface area contributed by atoms with Crippen LogP contribution in [0.2, 0.25) is 0 Å². The molecule has 2 nitrogen and oxygen atoms in total. The van der Waals surface area contributed by atoms with E-state index in [4.69, 9.17) is 0 Å². The molecule has 1 heterocycles. The maximum atomic E-state index is 12.3. The number of carbonyl (C=O) groups is 1. The lowest BCUT2D eigenvalue weighted by molar-refractivity contribution is -0.119. The fourth-order valence-corrected chi connectivity index (χ4v) is 2.07. The average molecular weight is 251 g/mol. The molecule has 0 saturated carbocycles. The molecule has 0 aliphatic rings. The second-order valence-corrected chi connectivity index (χ2v) is 4.30. The van der Waals surface area contributed by atoms with E-state index in [-0.39, 0.29) is 0 Å². The predicted octanol–water partition coefficient (Wildman–Crippen LogP) is 3.34. The first-order chi connectivity index (χ1) is 7.46. The van der Waals surface area contributed by atoms with Crippen LogP contribution in [0, 0.1) is 0 Å². The van der Waals surface area contributed by atoms with Crippen LogP contribution in [0.1, 0.15) is 23.0 Å². The van der Waals surface area contributed by atoms with E-state index in [0.717, 1.165) is 11.3 Å². The summed E-state index contributed by atoms with van der Waals surface area (Å²) >= 11 is 1.15. The quantitative estimate of drug-likeness (QED) is 0.748. The molecule has 0 aromatic carbocycles. The summed E-state index contributed by atoms with van der Waals surface area (Å²) in [6.45, 7) is 1.17. The van der Waals surface area contributed by atoms with E-state index in [1.807, 2.05) is 6.92 Å². The molecule has 1 rings (SSSR count). The summed E-state index contributed by atoms with van der Waals surface area (Å²) in [6, 6.07) is 1.49. The van der Waals surface area contributed by atoms with Gasteiger partial charge in [0, 0.05) is 17.6 Å². The number of carbonyl (C=O) groups excluding carboxylic acids is 1. The van der Waals surface area contributed by atoms with Gasteiger partial charge < -0.3 is 4.90 Å². The van der Waals surface area contributed by atoms with Crippen LogP contribution in [0.3, 0.4) is 0 Å². The highest BCUT2D eigenvalue weighted by Crippen LogP contribution is 2.26. The molecule has 90 valence electrons. The molecule has 0 spiro atoms. The highest BCUT2D eigenvalue weighted by atomic mass is 32.1. The fourth-order valence-electron chi connectivity index (χ4n) is 1.36. The molecule has 0 atom stereocenters. The number of hydrogen-bond donors (Lipinski definition) is 0. The minimum atomic E-state index is -4.22. The summed E-state index contributed by atoms with van der Waals surface area (Å²) in [4.78, 5) is 12.1. The van der Waals surface area contributed by atoms with Gasteiger partial charge >= 0.3 is 6.18 Å². The van der Waals surface area contributed by atoms with Crippen LogP contribution in [-0.2, 0) is 0 Å². The van der Waals surface area contributed by atoms with Crippen molar-refractivity contribution in [1.82, 2.24) is 0 Å². The Morgan fingerprint density at radius 1 is 1.50 bits per heavy atom. The molecule has 6 heteroatoms. The standard InChI is InChI=1S/C10H12F3NOS/c1-2-3-14(7-10(11,12)13)8-4-9(5-15)16-6-8/h4-6H,2-3,7H2,1H3. The van der Waals surface area contributed by atoms with Gasteiger partial charge in [-0.2, -0.15) is 13.2 Å². The van der Waals surface area contributed by atoms with Crippen molar-refractivity contribution >= 4 is 23.3 Å². The second-order valence-electron chi connectivity index (χ2n) is 3.36. The van der Waals surface area contributed by atoms with Crippen LogP contribution in [0.15, 0.2) is 11.4 Å². The number of anilines is 1. The maximum Gasteiger partial charge on any atom is 0.405 e. The summed E-state index contributed by atoms with van der Waals surface area (Å²) < 4.78 is 36.9. The van der Waals surface area contributed by atoms with Gasteiger partial charge in [-0.3, -0.25) is 4.79 Å². The van der Waals surface area contributed by atoms with Crippen molar-refractivity contribution in [3.8, 4) is 0 Å². The first-order valence-corrected chi connectivity index (χ1v) is 5.69. The van der Waals surface area contributed by atoms with Crippen molar-refractivity contribution in [3.05, 3.63) is 16.3 Å². The van der Waals surface area contributed by atoms with E-state index in [2.05, 4.69) is 0 Å². The number of halogens is 3. The number of nitrogens with zero attached hydrogens (tertiary/aromatic N) is 1. The van der Waals surface area contributed by atoms with Crippen molar-refractivity contribution in [2.45, 2.75) is 19.5 Å². The van der Waals surface area contributed by atoms with Crippen LogP contribution >= 0.6 is 11.3 Å². The van der Waals surface area contributed by atoms with Crippen molar-refractivity contribution in [3.63, 3.8) is 0 Å². The van der Waals surface area contributed by atoms with Gasteiger partial charge in [0.05, 0.1) is 4.88 Å². The summed E-state index contributed by atoms with van der Waals surface area (Å²) in [6.07, 6.45) is -2.95. The van der Waals surface area contributed by atoms with E-state index in [1.54, 1.807) is 5.38 Å². The largest absolute Gasteiger partial charge is 0.405 e. The van der Waals surface area contributed by atoms with Crippen molar-refractivity contribution < 1.29 is 18.0 Å². The van der Waals surface area contributed by atoms with Gasteiger partial charge in [-0.1, -0.05) is 6.92 Å². The van der Waals surface area contributed by atoms with Gasteiger partial charge in [-0.05, 0) is 12.5 Å². The van der Waals surface area contributed by atoms with Crippen LogP contribution in [-0.4, -0.2) is 25.6 Å². The van der Waals surface area contributed by atoms with Gasteiger partial charge in [-0.25, -0.2) is 0 Å². The lowest BCUT2D eigenvalue weighted by Gasteiger charge is -2.24. The average Bonchev–Trinajstić information content (AvgIpc) is 2.63. The molecular formula is C10H12F3NOS. The number of rotatable bonds is 5. The first-order valence-electron chi connectivity index (χ1n) is 4.81. The van der Waals surface area contributed by atoms with Gasteiger partial charge in [0.15, 0.2) is 6.29 Å². The fraction of sp³-hybridized carbons (Fsp3) is 0.500. The Hall–Kier alpha value is -1.04. The Bertz CT molecular complexity index is 348. The Morgan fingerprint density at radius 3 is 2.62 bits per heavy atom. The van der Waals surface area contributed by atoms with E-state index < -0.39 is 12.7 Å². The molecule has 0 unspecified atom stereocenters. The monoisotopic (exact) mass is 251 g/mol. The molecule has 0 aliphatic carbocycles. The molecule has 16 heavy (non-hydrogen) atoms. The minimum absolute atomic E-state index is 0.328. The SMILES string of the molecule is CCCN(CC(F)(F)F)c1csc(C=O)c1. The Balaban J connectivity index is 2.80. The number of aldehydes is 1. The Labute approximate surface area is 95.7 Å². The molecule has 1 aromatic rings. The topological polar surface area (TPSA) is 20.3 Å². The van der Waals surface area contributed by atoms with Gasteiger partial charge in [0.25, 0.3) is 0 Å². The van der Waals surface area contributed by atoms with E-state index in [1.165, 1.54) is 11.0 Å². The zero-order chi connectivity index (χ0) is 12.2. The lowest BCUT2D eigenvalue weighted by Crippen LogP contribution is -2.34. The molecule has 0 radical (unpaired) electrons. The summed E-state index contributed by atoms with van der Waals surface area (Å²) in [5.41, 5.74) is 0.464. The van der Waals surface area contributed by atoms with Crippen LogP contribution in [0.5, 0.6) is 0 Å². The van der Waals surface area contributed by atoms with E-state index in [0.29, 0.717) is 29.8 Å². The van der Waals surface area contributed by atoms with Crippen molar-refractivity contribution in [2.24, 2.45) is 0 Å². The molecule has 0 aliphatic heterocycles. The zero-order valence-electron chi connectivity index (χ0n) is 8.75. The minimum Gasteiger partial charge on any atom is -0.362 e. The van der Waals surface area contributed by atoms with E-state index >= 15 is 0 Å². The highest BCUT2D eigenvalue weighted by molar-refractivity contribution is 7.12.